The van der Waals surface area contributed by atoms with Gasteiger partial charge in [0.2, 0.25) is 0 Å². The van der Waals surface area contributed by atoms with Crippen molar-refractivity contribution in [2.75, 3.05) is 18.0 Å². The molecule has 0 spiro atoms. The van der Waals surface area contributed by atoms with Gasteiger partial charge in [-0.15, -0.1) is 0 Å². The van der Waals surface area contributed by atoms with Gasteiger partial charge in [-0.2, -0.15) is 0 Å². The van der Waals surface area contributed by atoms with E-state index in [1.807, 2.05) is 10.3 Å². The first kappa shape index (κ1) is 7.71. The number of anilines is 1. The van der Waals surface area contributed by atoms with Crippen molar-refractivity contribution >= 4 is 37.9 Å². The number of hydrogen-bond donors (Lipinski definition) is 0. The Kier molecular flexibility index (Phi) is 2.25. The molecule has 0 atom stereocenters. The predicted octanol–water partition coefficient (Wildman–Crippen LogP) is 3.14. The molecule has 0 N–H and O–H groups in total. The quantitative estimate of drug-likeness (QED) is 0.509. The van der Waals surface area contributed by atoms with Crippen LogP contribution in [0.4, 0.5) is 5.00 Å². The van der Waals surface area contributed by atoms with Crippen LogP contribution in [0.1, 0.15) is 12.8 Å². The average molecular weight is 203 g/mol. The van der Waals surface area contributed by atoms with Gasteiger partial charge in [-0.05, 0) is 12.8 Å². The fourth-order valence-corrected chi connectivity index (χ4v) is 3.77. The second kappa shape index (κ2) is 3.21. The Hall–Kier alpha value is 0.0700. The zero-order chi connectivity index (χ0) is 7.68. The predicted molar refractivity (Wildman–Crippen MR) is 54.5 cm³/mol. The van der Waals surface area contributed by atoms with Gasteiger partial charge in [0.05, 0.1) is 0 Å². The molecule has 0 saturated carbocycles. The van der Waals surface area contributed by atoms with Crippen molar-refractivity contribution in [3.8, 4) is 0 Å². The van der Waals surface area contributed by atoms with Crippen LogP contribution in [0.2, 0.25) is 0 Å². The molecule has 2 heterocycles. The molecular formula is C7H9NS3. The van der Waals surface area contributed by atoms with E-state index >= 15 is 0 Å². The zero-order valence-corrected chi connectivity index (χ0v) is 8.53. The molecule has 1 nitrogen and oxygen atoms in total. The van der Waals surface area contributed by atoms with Crippen LogP contribution in [0.3, 0.4) is 0 Å². The lowest BCUT2D eigenvalue weighted by Gasteiger charge is -2.12. The average Bonchev–Trinajstić information content (AvgIpc) is 2.55. The smallest absolute Gasteiger partial charge is 0.104 e. The molecule has 1 aliphatic rings. The Labute approximate surface area is 78.7 Å². The molecule has 1 aliphatic heterocycles. The fourth-order valence-electron chi connectivity index (χ4n) is 1.31. The van der Waals surface area contributed by atoms with Gasteiger partial charge in [0.1, 0.15) is 8.82 Å². The van der Waals surface area contributed by atoms with E-state index in [0.29, 0.717) is 0 Å². The highest BCUT2D eigenvalue weighted by Gasteiger charge is 2.12. The monoisotopic (exact) mass is 203 g/mol. The molecule has 0 aliphatic carbocycles. The molecule has 11 heavy (non-hydrogen) atoms. The van der Waals surface area contributed by atoms with Crippen molar-refractivity contribution in [3.63, 3.8) is 0 Å². The summed E-state index contributed by atoms with van der Waals surface area (Å²) in [7, 11) is 3.52. The largest absolute Gasteiger partial charge is 0.363 e. The van der Waals surface area contributed by atoms with Crippen LogP contribution in [0, 0.1) is 3.82 Å². The summed E-state index contributed by atoms with van der Waals surface area (Å²) in [5.74, 6) is 0. The Bertz CT molecular complexity index is 282. The van der Waals surface area contributed by atoms with E-state index in [9.17, 15) is 0 Å². The van der Waals surface area contributed by atoms with Crippen molar-refractivity contribution < 1.29 is 0 Å². The summed E-state index contributed by atoms with van der Waals surface area (Å²) in [4.78, 5) is 2.43. The number of rotatable bonds is 1. The van der Waals surface area contributed by atoms with Crippen molar-refractivity contribution in [2.24, 2.45) is 0 Å². The van der Waals surface area contributed by atoms with E-state index in [1.165, 1.54) is 30.9 Å². The van der Waals surface area contributed by atoms with Crippen LogP contribution in [0.25, 0.3) is 0 Å². The summed E-state index contributed by atoms with van der Waals surface area (Å²) >= 11 is 5.07. The third-order valence-corrected chi connectivity index (χ3v) is 4.77. The van der Waals surface area contributed by atoms with Crippen molar-refractivity contribution in [2.45, 2.75) is 12.8 Å². The highest BCUT2D eigenvalue weighted by molar-refractivity contribution is 7.80. The zero-order valence-electron chi connectivity index (χ0n) is 6.08. The summed E-state index contributed by atoms with van der Waals surface area (Å²) in [6.07, 6.45) is 2.69. The second-order valence-electron chi connectivity index (χ2n) is 2.66. The van der Waals surface area contributed by atoms with E-state index in [2.05, 4.69) is 11.0 Å². The van der Waals surface area contributed by atoms with Crippen LogP contribution in [0.15, 0.2) is 6.07 Å². The van der Waals surface area contributed by atoms with Crippen LogP contribution in [0.5, 0.6) is 0 Å². The van der Waals surface area contributed by atoms with Crippen LogP contribution in [-0.4, -0.2) is 13.1 Å². The first-order valence-electron chi connectivity index (χ1n) is 3.71. The van der Waals surface area contributed by atoms with E-state index in [-0.39, 0.29) is 0 Å². The molecule has 60 valence electrons. The highest BCUT2D eigenvalue weighted by atomic mass is 32.9. The van der Waals surface area contributed by atoms with E-state index in [4.69, 9.17) is 12.2 Å². The highest BCUT2D eigenvalue weighted by Crippen LogP contribution is 2.29. The van der Waals surface area contributed by atoms with E-state index < -0.39 is 0 Å². The van der Waals surface area contributed by atoms with Gasteiger partial charge >= 0.3 is 0 Å². The lowest BCUT2D eigenvalue weighted by atomic mass is 10.4. The first-order valence-corrected chi connectivity index (χ1v) is 6.27. The minimum Gasteiger partial charge on any atom is -0.363 e. The molecule has 0 aromatic carbocycles. The Morgan fingerprint density at radius 2 is 2.00 bits per heavy atom. The van der Waals surface area contributed by atoms with Gasteiger partial charge in [-0.3, -0.25) is 0 Å². The van der Waals surface area contributed by atoms with Gasteiger partial charge in [-0.25, -0.2) is 0 Å². The lowest BCUT2D eigenvalue weighted by Crippen LogP contribution is -2.15. The molecule has 2 rings (SSSR count). The number of hydrogen-bond acceptors (Lipinski definition) is 4. The fraction of sp³-hybridized carbons (Fsp3) is 0.571. The molecule has 0 radical (unpaired) electrons. The lowest BCUT2D eigenvalue weighted by molar-refractivity contribution is 0.949. The van der Waals surface area contributed by atoms with Crippen molar-refractivity contribution in [1.82, 2.24) is 0 Å². The normalized spacial score (nSPS) is 17.6. The molecule has 1 fully saturated rings. The Morgan fingerprint density at radius 3 is 2.55 bits per heavy atom. The van der Waals surface area contributed by atoms with E-state index in [0.717, 1.165) is 3.82 Å². The standard InChI is InChI=1S/C7H9NS3/c9-7-5-6(10-11-7)8-3-1-2-4-8/h5H,1-4H2. The summed E-state index contributed by atoms with van der Waals surface area (Å²) in [5.41, 5.74) is 0. The summed E-state index contributed by atoms with van der Waals surface area (Å²) in [6.45, 7) is 2.45. The van der Waals surface area contributed by atoms with Gasteiger partial charge in [0, 0.05) is 19.2 Å². The molecule has 0 amide bonds. The maximum Gasteiger partial charge on any atom is 0.104 e. The third-order valence-electron chi connectivity index (χ3n) is 1.87. The van der Waals surface area contributed by atoms with Gasteiger partial charge < -0.3 is 4.90 Å². The summed E-state index contributed by atoms with van der Waals surface area (Å²) in [5, 5.41) is 1.37. The minimum atomic E-state index is 1.02. The maximum absolute atomic E-state index is 5.07. The molecule has 1 saturated heterocycles. The first-order chi connectivity index (χ1) is 5.36. The summed E-state index contributed by atoms with van der Waals surface area (Å²) in [6, 6.07) is 2.12. The maximum atomic E-state index is 5.07. The molecule has 1 aromatic heterocycles. The van der Waals surface area contributed by atoms with Crippen molar-refractivity contribution in [3.05, 3.63) is 9.89 Å². The topological polar surface area (TPSA) is 3.24 Å². The van der Waals surface area contributed by atoms with Crippen LogP contribution in [-0.2, 0) is 0 Å². The molecular weight excluding hydrogens is 194 g/mol. The van der Waals surface area contributed by atoms with Gasteiger partial charge in [0.25, 0.3) is 0 Å². The number of nitrogens with zero attached hydrogens (tertiary/aromatic N) is 1. The van der Waals surface area contributed by atoms with Crippen LogP contribution >= 0.6 is 32.9 Å². The summed E-state index contributed by atoms with van der Waals surface area (Å²) < 4.78 is 1.02. The molecule has 0 unspecified atom stereocenters. The van der Waals surface area contributed by atoms with Crippen molar-refractivity contribution in [1.29, 1.82) is 0 Å². The Balaban J connectivity index is 2.21. The molecule has 0 bridgehead atoms. The Morgan fingerprint density at radius 1 is 1.27 bits per heavy atom. The van der Waals surface area contributed by atoms with Gasteiger partial charge in [0.15, 0.2) is 0 Å². The van der Waals surface area contributed by atoms with Gasteiger partial charge in [-0.1, -0.05) is 32.9 Å². The SMILES string of the molecule is S=c1cc(N2CCCC2)ss1. The minimum absolute atomic E-state index is 1.02. The molecule has 1 aromatic rings. The third kappa shape index (κ3) is 1.63. The second-order valence-corrected chi connectivity index (χ2v) is 5.55. The molecule has 4 heteroatoms. The van der Waals surface area contributed by atoms with Crippen LogP contribution < -0.4 is 4.90 Å². The van der Waals surface area contributed by atoms with E-state index in [1.54, 1.807) is 10.3 Å².